The van der Waals surface area contributed by atoms with E-state index in [-0.39, 0.29) is 6.54 Å². The normalized spacial score (nSPS) is 33.4. The van der Waals surface area contributed by atoms with Crippen molar-refractivity contribution < 1.29 is 18.7 Å². The zero-order chi connectivity index (χ0) is 12.7. The van der Waals surface area contributed by atoms with Gasteiger partial charge in [0.25, 0.3) is 0 Å². The quantitative estimate of drug-likeness (QED) is 0.656. The Labute approximate surface area is 101 Å². The summed E-state index contributed by atoms with van der Waals surface area (Å²) in [7, 11) is 0. The zero-order valence-corrected chi connectivity index (χ0v) is 10.7. The maximum absolute atomic E-state index is 14.0. The predicted molar refractivity (Wildman–Crippen MR) is 60.6 cm³/mol. The second-order valence-corrected chi connectivity index (χ2v) is 5.81. The first-order valence-electron chi connectivity index (χ1n) is 6.08. The average molecular weight is 245 g/mol. The summed E-state index contributed by atoms with van der Waals surface area (Å²) in [6.07, 6.45) is -0.212. The van der Waals surface area contributed by atoms with Crippen LogP contribution in [0.25, 0.3) is 0 Å². The summed E-state index contributed by atoms with van der Waals surface area (Å²) < 4.78 is 24.5. The van der Waals surface area contributed by atoms with E-state index in [1.807, 2.05) is 0 Å². The van der Waals surface area contributed by atoms with Gasteiger partial charge in [0.05, 0.1) is 13.2 Å². The molecule has 0 aliphatic carbocycles. The van der Waals surface area contributed by atoms with Crippen molar-refractivity contribution in [3.63, 3.8) is 0 Å². The van der Waals surface area contributed by atoms with Crippen LogP contribution in [0.5, 0.6) is 0 Å². The fourth-order valence-corrected chi connectivity index (χ4v) is 2.23. The maximum atomic E-state index is 14.0. The minimum Gasteiger partial charge on any atom is -0.444 e. The molecule has 0 bridgehead atoms. The third-order valence-electron chi connectivity index (χ3n) is 3.32. The number of piperidine rings is 1. The van der Waals surface area contributed by atoms with Crippen LogP contribution in [0.15, 0.2) is 0 Å². The SMILES string of the molecule is CC(C)(C)OC(=O)N1CCC2(CCO2)C(F)C1. The number of likely N-dealkylation sites (tertiary alicyclic amines) is 1. The summed E-state index contributed by atoms with van der Waals surface area (Å²) in [6.45, 7) is 6.63. The molecule has 1 amide bonds. The van der Waals surface area contributed by atoms with E-state index in [4.69, 9.17) is 9.47 Å². The number of hydrogen-bond donors (Lipinski definition) is 0. The van der Waals surface area contributed by atoms with E-state index in [1.165, 1.54) is 4.90 Å². The van der Waals surface area contributed by atoms with E-state index in [1.54, 1.807) is 20.8 Å². The molecule has 0 saturated carbocycles. The molecule has 2 fully saturated rings. The van der Waals surface area contributed by atoms with Gasteiger partial charge in [0.1, 0.15) is 17.4 Å². The van der Waals surface area contributed by atoms with Crippen molar-refractivity contribution in [1.29, 1.82) is 0 Å². The van der Waals surface area contributed by atoms with Gasteiger partial charge in [-0.1, -0.05) is 0 Å². The van der Waals surface area contributed by atoms with Crippen LogP contribution < -0.4 is 0 Å². The van der Waals surface area contributed by atoms with Crippen LogP contribution >= 0.6 is 0 Å². The standard InChI is InChI=1S/C12H20FNO3/c1-11(2,3)17-10(15)14-6-4-12(5-7-16-12)9(13)8-14/h9H,4-8H2,1-3H3. The largest absolute Gasteiger partial charge is 0.444 e. The van der Waals surface area contributed by atoms with Gasteiger partial charge in [-0.3, -0.25) is 0 Å². The van der Waals surface area contributed by atoms with Crippen LogP contribution in [0.2, 0.25) is 0 Å². The zero-order valence-electron chi connectivity index (χ0n) is 10.7. The molecule has 2 unspecified atom stereocenters. The predicted octanol–water partition coefficient (Wildman–Crippen LogP) is 2.12. The van der Waals surface area contributed by atoms with Gasteiger partial charge >= 0.3 is 6.09 Å². The first kappa shape index (κ1) is 12.6. The van der Waals surface area contributed by atoms with Gasteiger partial charge in [0, 0.05) is 13.0 Å². The smallest absolute Gasteiger partial charge is 0.410 e. The number of nitrogens with zero attached hydrogens (tertiary/aromatic N) is 1. The van der Waals surface area contributed by atoms with Gasteiger partial charge in [-0.05, 0) is 27.2 Å². The Morgan fingerprint density at radius 1 is 1.47 bits per heavy atom. The van der Waals surface area contributed by atoms with E-state index in [2.05, 4.69) is 0 Å². The molecular formula is C12H20FNO3. The molecule has 2 saturated heterocycles. The highest BCUT2D eigenvalue weighted by molar-refractivity contribution is 5.68. The maximum Gasteiger partial charge on any atom is 0.410 e. The molecule has 0 aromatic heterocycles. The topological polar surface area (TPSA) is 38.8 Å². The molecule has 0 radical (unpaired) electrons. The molecule has 2 atom stereocenters. The van der Waals surface area contributed by atoms with Crippen molar-refractivity contribution in [3.8, 4) is 0 Å². The number of ether oxygens (including phenoxy) is 2. The fraction of sp³-hybridized carbons (Fsp3) is 0.917. The van der Waals surface area contributed by atoms with Crippen molar-refractivity contribution in [2.24, 2.45) is 0 Å². The summed E-state index contributed by atoms with van der Waals surface area (Å²) in [5.41, 5.74) is -1.15. The lowest BCUT2D eigenvalue weighted by atomic mass is 9.83. The third kappa shape index (κ3) is 2.54. The number of halogens is 1. The molecule has 2 aliphatic rings. The van der Waals surface area contributed by atoms with E-state index < -0.39 is 23.5 Å². The van der Waals surface area contributed by atoms with E-state index in [0.717, 1.165) is 6.42 Å². The lowest BCUT2D eigenvalue weighted by Gasteiger charge is -2.49. The van der Waals surface area contributed by atoms with Gasteiger partial charge in [-0.25, -0.2) is 9.18 Å². The highest BCUT2D eigenvalue weighted by Gasteiger charge is 2.50. The first-order chi connectivity index (χ1) is 7.82. The van der Waals surface area contributed by atoms with Crippen LogP contribution in [0, 0.1) is 0 Å². The summed E-state index contributed by atoms with van der Waals surface area (Å²) in [5, 5.41) is 0. The third-order valence-corrected chi connectivity index (χ3v) is 3.32. The van der Waals surface area contributed by atoms with Crippen LogP contribution in [0.3, 0.4) is 0 Å². The lowest BCUT2D eigenvalue weighted by Crippen LogP contribution is -2.61. The molecule has 4 nitrogen and oxygen atoms in total. The molecule has 1 spiro atoms. The van der Waals surface area contributed by atoms with Gasteiger partial charge in [0.15, 0.2) is 0 Å². The van der Waals surface area contributed by atoms with Crippen LogP contribution in [-0.4, -0.2) is 48.1 Å². The van der Waals surface area contributed by atoms with Crippen molar-refractivity contribution in [1.82, 2.24) is 4.90 Å². The number of carbonyl (C=O) groups excluding carboxylic acids is 1. The van der Waals surface area contributed by atoms with Gasteiger partial charge in [-0.15, -0.1) is 0 Å². The Morgan fingerprint density at radius 2 is 2.12 bits per heavy atom. The van der Waals surface area contributed by atoms with Crippen molar-refractivity contribution >= 4 is 6.09 Å². The Bertz CT molecular complexity index is 309. The van der Waals surface area contributed by atoms with Crippen LogP contribution in [-0.2, 0) is 9.47 Å². The van der Waals surface area contributed by atoms with Gasteiger partial charge in [-0.2, -0.15) is 0 Å². The molecule has 2 rings (SSSR count). The molecule has 2 heterocycles. The average Bonchev–Trinajstić information content (AvgIpc) is 2.12. The Kier molecular flexibility index (Phi) is 3.06. The fourth-order valence-electron chi connectivity index (χ4n) is 2.23. The lowest BCUT2D eigenvalue weighted by molar-refractivity contribution is -0.206. The summed E-state index contributed by atoms with van der Waals surface area (Å²) in [4.78, 5) is 13.2. The Balaban J connectivity index is 1.91. The molecule has 0 aromatic carbocycles. The molecule has 98 valence electrons. The van der Waals surface area contributed by atoms with E-state index in [9.17, 15) is 9.18 Å². The van der Waals surface area contributed by atoms with E-state index in [0.29, 0.717) is 19.6 Å². The molecule has 5 heteroatoms. The molecule has 0 aromatic rings. The summed E-state index contributed by atoms with van der Waals surface area (Å²) in [6, 6.07) is 0. The minimum absolute atomic E-state index is 0.0783. The number of rotatable bonds is 0. The number of hydrogen-bond acceptors (Lipinski definition) is 3. The number of carbonyl (C=O) groups is 1. The highest BCUT2D eigenvalue weighted by Crippen LogP contribution is 2.38. The summed E-state index contributed by atoms with van der Waals surface area (Å²) in [5.74, 6) is 0. The molecule has 0 N–H and O–H groups in total. The highest BCUT2D eigenvalue weighted by atomic mass is 19.1. The summed E-state index contributed by atoms with van der Waals surface area (Å²) >= 11 is 0. The second-order valence-electron chi connectivity index (χ2n) is 5.81. The molecule has 17 heavy (non-hydrogen) atoms. The second kappa shape index (κ2) is 4.12. The number of alkyl halides is 1. The van der Waals surface area contributed by atoms with Gasteiger partial charge < -0.3 is 14.4 Å². The van der Waals surface area contributed by atoms with Crippen molar-refractivity contribution in [2.45, 2.75) is 51.0 Å². The minimum atomic E-state index is -1.10. The van der Waals surface area contributed by atoms with Crippen molar-refractivity contribution in [2.75, 3.05) is 19.7 Å². The monoisotopic (exact) mass is 245 g/mol. The molecule has 2 aliphatic heterocycles. The Hall–Kier alpha value is -0.840. The van der Waals surface area contributed by atoms with Crippen LogP contribution in [0.1, 0.15) is 33.6 Å². The van der Waals surface area contributed by atoms with Gasteiger partial charge in [0.2, 0.25) is 0 Å². The Morgan fingerprint density at radius 3 is 2.53 bits per heavy atom. The van der Waals surface area contributed by atoms with E-state index >= 15 is 0 Å². The first-order valence-corrected chi connectivity index (χ1v) is 6.08. The number of amides is 1. The van der Waals surface area contributed by atoms with Crippen LogP contribution in [0.4, 0.5) is 9.18 Å². The molecular weight excluding hydrogens is 225 g/mol. The van der Waals surface area contributed by atoms with Crippen molar-refractivity contribution in [3.05, 3.63) is 0 Å².